The van der Waals surface area contributed by atoms with Crippen LogP contribution in [-0.2, 0) is 12.8 Å². The van der Waals surface area contributed by atoms with Crippen LogP contribution in [0.2, 0.25) is 0 Å². The van der Waals surface area contributed by atoms with E-state index in [1.165, 1.54) is 106 Å². The van der Waals surface area contributed by atoms with Gasteiger partial charge in [0.2, 0.25) is 0 Å². The average molecular weight is 764 g/mol. The smallest absolute Gasteiger partial charge is 0.0265 e. The lowest BCUT2D eigenvalue weighted by Crippen LogP contribution is -1.98. The molecule has 38 heavy (non-hydrogen) atoms. The Bertz CT molecular complexity index is 1390. The molecule has 0 atom stereocenters. The second-order valence-corrected chi connectivity index (χ2v) is 13.6. The van der Waals surface area contributed by atoms with E-state index in [1.807, 2.05) is 0 Å². The van der Waals surface area contributed by atoms with E-state index >= 15 is 0 Å². The molecular weight excluding hydrogens is 728 g/mol. The van der Waals surface area contributed by atoms with Crippen LogP contribution in [0.15, 0.2) is 78.6 Å². The molecule has 0 aliphatic carbocycles. The summed E-state index contributed by atoms with van der Waals surface area (Å²) in [5.41, 5.74) is 7.86. The van der Waals surface area contributed by atoms with Gasteiger partial charge >= 0.3 is 0 Å². The van der Waals surface area contributed by atoms with E-state index < -0.39 is 0 Å². The van der Waals surface area contributed by atoms with Crippen molar-refractivity contribution in [3.05, 3.63) is 89.7 Å². The molecule has 4 heteroatoms. The fourth-order valence-electron chi connectivity index (χ4n) is 5.20. The van der Waals surface area contributed by atoms with Gasteiger partial charge in [0.15, 0.2) is 0 Å². The highest BCUT2D eigenvalue weighted by Gasteiger charge is 2.17. The number of hydrogen-bond donors (Lipinski definition) is 0. The second-order valence-electron chi connectivity index (χ2n) is 10.2. The first-order valence-corrected chi connectivity index (χ1v) is 17.1. The lowest BCUT2D eigenvalue weighted by molar-refractivity contribution is 0.650. The number of rotatable bonds is 12. The molecular formula is C34H36Br4. The van der Waals surface area contributed by atoms with E-state index in [-0.39, 0.29) is 0 Å². The molecule has 0 aliphatic rings. The highest BCUT2D eigenvalue weighted by molar-refractivity contribution is 9.11. The van der Waals surface area contributed by atoms with Crippen molar-refractivity contribution in [3.8, 4) is 22.3 Å². The maximum atomic E-state index is 3.97. The Labute approximate surface area is 262 Å². The van der Waals surface area contributed by atoms with Crippen molar-refractivity contribution >= 4 is 74.5 Å². The number of fused-ring (bicyclic) bond motifs is 1. The molecule has 0 aromatic heterocycles. The highest BCUT2D eigenvalue weighted by Crippen LogP contribution is 2.44. The minimum absolute atomic E-state index is 1.08. The predicted molar refractivity (Wildman–Crippen MR) is 181 cm³/mol. The van der Waals surface area contributed by atoms with E-state index in [4.69, 9.17) is 0 Å². The van der Waals surface area contributed by atoms with E-state index in [0.29, 0.717) is 0 Å². The molecule has 200 valence electrons. The molecule has 0 heterocycles. The summed E-state index contributed by atoms with van der Waals surface area (Å²) in [4.78, 5) is 0. The van der Waals surface area contributed by atoms with Gasteiger partial charge in [-0.3, -0.25) is 0 Å². The van der Waals surface area contributed by atoms with Gasteiger partial charge in [-0.05, 0) is 106 Å². The van der Waals surface area contributed by atoms with Crippen LogP contribution in [0.3, 0.4) is 0 Å². The van der Waals surface area contributed by atoms with Crippen LogP contribution in [0.25, 0.3) is 33.0 Å². The van der Waals surface area contributed by atoms with Gasteiger partial charge < -0.3 is 0 Å². The molecule has 4 aromatic carbocycles. The third kappa shape index (κ3) is 7.42. The van der Waals surface area contributed by atoms with Gasteiger partial charge in [0.25, 0.3) is 0 Å². The Morgan fingerprint density at radius 3 is 1.47 bits per heavy atom. The quantitative estimate of drug-likeness (QED) is 0.126. The number of hydrogen-bond acceptors (Lipinski definition) is 0. The zero-order valence-corrected chi connectivity index (χ0v) is 28.7. The van der Waals surface area contributed by atoms with Crippen LogP contribution in [-0.4, -0.2) is 0 Å². The van der Waals surface area contributed by atoms with Crippen molar-refractivity contribution in [3.63, 3.8) is 0 Å². The monoisotopic (exact) mass is 760 g/mol. The van der Waals surface area contributed by atoms with E-state index in [0.717, 1.165) is 19.8 Å². The molecule has 4 aromatic rings. The van der Waals surface area contributed by atoms with E-state index in [2.05, 4.69) is 138 Å². The molecule has 0 N–H and O–H groups in total. The first-order valence-electron chi connectivity index (χ1n) is 13.9. The Morgan fingerprint density at radius 2 is 0.895 bits per heavy atom. The third-order valence-corrected chi connectivity index (χ3v) is 9.99. The number of benzene rings is 4. The maximum absolute atomic E-state index is 3.97. The van der Waals surface area contributed by atoms with Gasteiger partial charge in [-0.1, -0.05) is 140 Å². The first kappa shape index (κ1) is 30.0. The zero-order valence-electron chi connectivity index (χ0n) is 22.4. The van der Waals surface area contributed by atoms with Gasteiger partial charge in [-0.2, -0.15) is 0 Å². The minimum Gasteiger partial charge on any atom is -0.0654 e. The van der Waals surface area contributed by atoms with Crippen LogP contribution < -0.4 is 0 Å². The molecule has 0 unspecified atom stereocenters. The van der Waals surface area contributed by atoms with Crippen LogP contribution in [0, 0.1) is 0 Å². The van der Waals surface area contributed by atoms with Gasteiger partial charge in [-0.15, -0.1) is 0 Å². The van der Waals surface area contributed by atoms with E-state index in [9.17, 15) is 0 Å². The predicted octanol–water partition coefficient (Wildman–Crippen LogP) is 13.5. The molecule has 4 rings (SSSR count). The largest absolute Gasteiger partial charge is 0.0654 e. The van der Waals surface area contributed by atoms with Crippen molar-refractivity contribution in [1.82, 2.24) is 0 Å². The van der Waals surface area contributed by atoms with Gasteiger partial charge in [0.05, 0.1) is 0 Å². The second kappa shape index (κ2) is 14.6. The topological polar surface area (TPSA) is 0 Å². The lowest BCUT2D eigenvalue weighted by Gasteiger charge is -2.18. The molecule has 0 fully saturated rings. The summed E-state index contributed by atoms with van der Waals surface area (Å²) < 4.78 is 4.45. The van der Waals surface area contributed by atoms with Gasteiger partial charge in [0, 0.05) is 17.9 Å². The molecule has 0 saturated heterocycles. The Balaban J connectivity index is 1.76. The molecule has 0 radical (unpaired) electrons. The fraction of sp³-hybridized carbons (Fsp3) is 0.353. The van der Waals surface area contributed by atoms with Crippen molar-refractivity contribution in [2.24, 2.45) is 0 Å². The van der Waals surface area contributed by atoms with Crippen LogP contribution in [0.4, 0.5) is 0 Å². The summed E-state index contributed by atoms with van der Waals surface area (Å²) in [7, 11) is 0. The fourth-order valence-corrected chi connectivity index (χ4v) is 7.80. The molecule has 0 bridgehead atoms. The van der Waals surface area contributed by atoms with Crippen LogP contribution in [0.1, 0.15) is 76.3 Å². The summed E-state index contributed by atoms with van der Waals surface area (Å²) in [5.74, 6) is 0. The number of unbranched alkanes of at least 4 members (excludes halogenated alkanes) is 6. The first-order chi connectivity index (χ1) is 18.4. The molecule has 0 saturated carbocycles. The van der Waals surface area contributed by atoms with Crippen LogP contribution in [0.5, 0.6) is 0 Å². The zero-order chi connectivity index (χ0) is 27.1. The van der Waals surface area contributed by atoms with Crippen LogP contribution >= 0.6 is 63.7 Å². The van der Waals surface area contributed by atoms with Gasteiger partial charge in [0.1, 0.15) is 0 Å². The number of halogens is 4. The molecule has 0 amide bonds. The lowest BCUT2D eigenvalue weighted by atomic mass is 9.91. The maximum Gasteiger partial charge on any atom is 0.0265 e. The highest BCUT2D eigenvalue weighted by atomic mass is 79.9. The van der Waals surface area contributed by atoms with Crippen molar-refractivity contribution in [2.75, 3.05) is 0 Å². The Kier molecular flexibility index (Phi) is 11.6. The van der Waals surface area contributed by atoms with Gasteiger partial charge in [-0.25, -0.2) is 0 Å². The molecule has 0 spiro atoms. The average Bonchev–Trinajstić information content (AvgIpc) is 2.90. The van der Waals surface area contributed by atoms with Crippen molar-refractivity contribution < 1.29 is 0 Å². The summed E-state index contributed by atoms with van der Waals surface area (Å²) in [6, 6.07) is 22.4. The summed E-state index contributed by atoms with van der Waals surface area (Å²) >= 11 is 15.6. The van der Waals surface area contributed by atoms with Crippen molar-refractivity contribution in [1.29, 1.82) is 0 Å². The summed E-state index contributed by atoms with van der Waals surface area (Å²) in [6.45, 7) is 4.57. The van der Waals surface area contributed by atoms with E-state index in [1.54, 1.807) is 0 Å². The Hall–Kier alpha value is -0.940. The molecule has 0 nitrogen and oxygen atoms in total. The minimum atomic E-state index is 1.08. The standard InChI is InChI=1S/C34H36Br4/c1-3-5-7-9-13-23-17-27(31(35)19-25(23)14-10-8-6-4-2)29-21-30(34(38)22-33(29)37)28-18-24-15-11-12-16-26(24)20-32(28)36/h11-12,15-22H,3-10,13-14H2,1-2H3. The third-order valence-electron chi connectivity index (χ3n) is 7.36. The SMILES string of the molecule is CCCCCCc1cc(Br)c(-c2cc(-c3cc4ccccc4cc3Br)c(Br)cc2Br)cc1CCCCCC. The summed E-state index contributed by atoms with van der Waals surface area (Å²) in [5, 5.41) is 2.48. The summed E-state index contributed by atoms with van der Waals surface area (Å²) in [6.07, 6.45) is 12.7. The Morgan fingerprint density at radius 1 is 0.447 bits per heavy atom. The van der Waals surface area contributed by atoms with Crippen molar-refractivity contribution in [2.45, 2.75) is 78.1 Å². The molecule has 0 aliphatic heterocycles. The normalized spacial score (nSPS) is 11.4. The number of aryl methyl sites for hydroxylation is 2.